The van der Waals surface area contributed by atoms with E-state index in [1.165, 1.54) is 6.08 Å². The Morgan fingerprint density at radius 3 is 2.33 bits per heavy atom. The molecule has 0 unspecified atom stereocenters. The van der Waals surface area contributed by atoms with Gasteiger partial charge in [-0.2, -0.15) is 13.2 Å². The number of hydrogen-bond acceptors (Lipinski definition) is 3. The summed E-state index contributed by atoms with van der Waals surface area (Å²) in [6.07, 6.45) is -2.55. The second-order valence-corrected chi connectivity index (χ2v) is 2.07. The van der Waals surface area contributed by atoms with Gasteiger partial charge in [-0.25, -0.2) is 5.84 Å². The van der Waals surface area contributed by atoms with Crippen LogP contribution < -0.4 is 11.6 Å². The van der Waals surface area contributed by atoms with Crippen LogP contribution in [0.1, 0.15) is 0 Å². The molecule has 0 radical (unpaired) electrons. The van der Waals surface area contributed by atoms with Crippen LogP contribution in [-0.4, -0.2) is 17.7 Å². The number of rotatable bonds is 3. The van der Waals surface area contributed by atoms with E-state index < -0.39 is 11.9 Å². The molecule has 0 aromatic rings. The zero-order valence-corrected chi connectivity index (χ0v) is 6.30. The maximum absolute atomic E-state index is 11.7. The first-order valence-electron chi connectivity index (χ1n) is 3.04. The molecule has 0 amide bonds. The quantitative estimate of drug-likeness (QED) is 0.383. The summed E-state index contributed by atoms with van der Waals surface area (Å²) in [5.74, 6) is 5.09. The van der Waals surface area contributed by atoms with Crippen LogP contribution in [0.5, 0.6) is 0 Å². The molecular formula is C6H10F3N3. The van der Waals surface area contributed by atoms with Crippen molar-refractivity contribution in [3.8, 4) is 0 Å². The Bertz CT molecular complexity index is 185. The Kier molecular flexibility index (Phi) is 3.62. The highest BCUT2D eigenvalue weighted by Crippen LogP contribution is 2.20. The third kappa shape index (κ3) is 3.87. The molecule has 12 heavy (non-hydrogen) atoms. The van der Waals surface area contributed by atoms with Gasteiger partial charge in [0.15, 0.2) is 0 Å². The number of allylic oxidation sites excluding steroid dienone is 1. The lowest BCUT2D eigenvalue weighted by atomic mass is 10.4. The maximum Gasteiger partial charge on any atom is 0.432 e. The molecule has 0 rings (SSSR count). The Morgan fingerprint density at radius 2 is 2.00 bits per heavy atom. The number of alkyl halides is 3. The van der Waals surface area contributed by atoms with E-state index in [0.29, 0.717) is 6.20 Å². The molecule has 70 valence electrons. The lowest BCUT2D eigenvalue weighted by Crippen LogP contribution is -2.30. The van der Waals surface area contributed by atoms with Crippen LogP contribution in [0.15, 0.2) is 24.6 Å². The van der Waals surface area contributed by atoms with Crippen LogP contribution in [-0.2, 0) is 0 Å². The highest BCUT2D eigenvalue weighted by Gasteiger charge is 2.31. The van der Waals surface area contributed by atoms with Crippen LogP contribution in [0, 0.1) is 0 Å². The van der Waals surface area contributed by atoms with Gasteiger partial charge in [0.2, 0.25) is 0 Å². The number of nitrogens with two attached hydrogens (primary N) is 2. The molecule has 0 aromatic carbocycles. The summed E-state index contributed by atoms with van der Waals surface area (Å²) >= 11 is 0. The van der Waals surface area contributed by atoms with Crippen LogP contribution >= 0.6 is 0 Å². The summed E-state index contributed by atoms with van der Waals surface area (Å²) in [5, 5.41) is 0.801. The lowest BCUT2D eigenvalue weighted by Gasteiger charge is -2.13. The molecule has 3 nitrogen and oxygen atoms in total. The van der Waals surface area contributed by atoms with E-state index in [1.54, 1.807) is 0 Å². The van der Waals surface area contributed by atoms with Gasteiger partial charge in [0, 0.05) is 6.20 Å². The van der Waals surface area contributed by atoms with Crippen molar-refractivity contribution >= 4 is 0 Å². The summed E-state index contributed by atoms with van der Waals surface area (Å²) in [7, 11) is 0. The van der Waals surface area contributed by atoms with Crippen molar-refractivity contribution in [2.75, 3.05) is 6.54 Å². The second kappa shape index (κ2) is 4.01. The average Bonchev–Trinajstić information content (AvgIpc) is 1.85. The van der Waals surface area contributed by atoms with Gasteiger partial charge >= 0.3 is 6.18 Å². The van der Waals surface area contributed by atoms with Gasteiger partial charge in [0.25, 0.3) is 0 Å². The predicted octanol–water partition coefficient (Wildman–Crippen LogP) is 0.711. The molecule has 0 aliphatic heterocycles. The molecule has 0 heterocycles. The fourth-order valence-electron chi connectivity index (χ4n) is 0.454. The summed E-state index contributed by atoms with van der Waals surface area (Å²) in [4.78, 5) is 0. The Hall–Kier alpha value is -1.17. The molecule has 0 fully saturated rings. The summed E-state index contributed by atoms with van der Waals surface area (Å²) in [6.45, 7) is 3.41. The van der Waals surface area contributed by atoms with Crippen LogP contribution in [0.25, 0.3) is 0 Å². The monoisotopic (exact) mass is 181 g/mol. The fourth-order valence-corrected chi connectivity index (χ4v) is 0.454. The SMILES string of the molecule is C=CCN(N)/C=C(\N)C(F)(F)F. The van der Waals surface area contributed by atoms with Gasteiger partial charge in [-0.3, -0.25) is 0 Å². The van der Waals surface area contributed by atoms with Crippen molar-refractivity contribution in [2.24, 2.45) is 11.6 Å². The predicted molar refractivity (Wildman–Crippen MR) is 39.4 cm³/mol. The first-order valence-corrected chi connectivity index (χ1v) is 3.04. The highest BCUT2D eigenvalue weighted by atomic mass is 19.4. The third-order valence-corrected chi connectivity index (χ3v) is 0.972. The zero-order valence-electron chi connectivity index (χ0n) is 6.30. The topological polar surface area (TPSA) is 55.3 Å². The number of hydrazine groups is 1. The lowest BCUT2D eigenvalue weighted by molar-refractivity contribution is -0.0937. The van der Waals surface area contributed by atoms with Crippen LogP contribution in [0.2, 0.25) is 0 Å². The van der Waals surface area contributed by atoms with Crippen molar-refractivity contribution in [3.05, 3.63) is 24.6 Å². The van der Waals surface area contributed by atoms with E-state index >= 15 is 0 Å². The normalized spacial score (nSPS) is 12.8. The van der Waals surface area contributed by atoms with Gasteiger partial charge in [-0.05, 0) is 0 Å². The van der Waals surface area contributed by atoms with Crippen molar-refractivity contribution in [2.45, 2.75) is 6.18 Å². The standard InChI is InChI=1S/C6H10F3N3/c1-2-3-12(11)4-5(10)6(7,8)9/h2,4H,1,3,10-11H2/b5-4-. The average molecular weight is 181 g/mol. The summed E-state index contributed by atoms with van der Waals surface area (Å²) in [6, 6.07) is 0. The number of halogens is 3. The molecule has 0 bridgehead atoms. The maximum atomic E-state index is 11.7. The Labute approximate surface area is 68.1 Å². The van der Waals surface area contributed by atoms with Gasteiger partial charge < -0.3 is 10.7 Å². The van der Waals surface area contributed by atoms with E-state index in [1.807, 2.05) is 0 Å². The van der Waals surface area contributed by atoms with Crippen LogP contribution in [0.4, 0.5) is 13.2 Å². The number of nitrogens with zero attached hydrogens (tertiary/aromatic N) is 1. The Balaban J connectivity index is 4.25. The van der Waals surface area contributed by atoms with Gasteiger partial charge in [0.1, 0.15) is 5.70 Å². The molecule has 0 spiro atoms. The molecule has 0 aromatic heterocycles. The summed E-state index contributed by atoms with van der Waals surface area (Å²) in [5.41, 5.74) is 3.43. The Morgan fingerprint density at radius 1 is 1.50 bits per heavy atom. The molecule has 0 saturated heterocycles. The largest absolute Gasteiger partial charge is 0.432 e. The molecular weight excluding hydrogens is 171 g/mol. The van der Waals surface area contributed by atoms with Crippen molar-refractivity contribution < 1.29 is 13.2 Å². The first-order chi connectivity index (χ1) is 5.38. The molecule has 6 heteroatoms. The summed E-state index contributed by atoms with van der Waals surface area (Å²) < 4.78 is 35.2. The second-order valence-electron chi connectivity index (χ2n) is 2.07. The number of hydrogen-bond donors (Lipinski definition) is 2. The van der Waals surface area contributed by atoms with Crippen molar-refractivity contribution in [1.29, 1.82) is 0 Å². The van der Waals surface area contributed by atoms with Gasteiger partial charge in [-0.1, -0.05) is 6.08 Å². The minimum absolute atomic E-state index is 0.108. The van der Waals surface area contributed by atoms with E-state index in [-0.39, 0.29) is 6.54 Å². The third-order valence-electron chi connectivity index (χ3n) is 0.972. The van der Waals surface area contributed by atoms with Crippen molar-refractivity contribution in [3.63, 3.8) is 0 Å². The van der Waals surface area contributed by atoms with E-state index in [4.69, 9.17) is 5.84 Å². The first kappa shape index (κ1) is 10.8. The van der Waals surface area contributed by atoms with Gasteiger partial charge in [-0.15, -0.1) is 6.58 Å². The van der Waals surface area contributed by atoms with E-state index in [0.717, 1.165) is 5.01 Å². The molecule has 0 saturated carbocycles. The zero-order chi connectivity index (χ0) is 9.78. The minimum Gasteiger partial charge on any atom is -0.393 e. The minimum atomic E-state index is -4.53. The smallest absolute Gasteiger partial charge is 0.393 e. The molecule has 0 aliphatic rings. The van der Waals surface area contributed by atoms with Crippen LogP contribution in [0.3, 0.4) is 0 Å². The molecule has 0 aliphatic carbocycles. The highest BCUT2D eigenvalue weighted by molar-refractivity contribution is 5.02. The van der Waals surface area contributed by atoms with Gasteiger partial charge in [0.05, 0.1) is 6.54 Å². The fraction of sp³-hybridized carbons (Fsp3) is 0.333. The van der Waals surface area contributed by atoms with Crippen molar-refractivity contribution in [1.82, 2.24) is 5.01 Å². The molecule has 4 N–H and O–H groups in total. The van der Waals surface area contributed by atoms with E-state index in [9.17, 15) is 13.2 Å². The molecule has 0 atom stereocenters. The van der Waals surface area contributed by atoms with E-state index in [2.05, 4.69) is 12.3 Å².